The van der Waals surface area contributed by atoms with Gasteiger partial charge in [-0.3, -0.25) is 9.05 Å². The second-order valence-corrected chi connectivity index (χ2v) is 9.67. The van der Waals surface area contributed by atoms with Crippen LogP contribution in [0.25, 0.3) is 0 Å². The Morgan fingerprint density at radius 2 is 1.35 bits per heavy atom. The van der Waals surface area contributed by atoms with Crippen LogP contribution in [0.15, 0.2) is 12.1 Å². The number of phosphoric ester groups is 1. The first-order chi connectivity index (χ1) is 11.7. The van der Waals surface area contributed by atoms with Crippen molar-refractivity contribution in [1.29, 1.82) is 0 Å². The molecule has 26 heavy (non-hydrogen) atoms. The number of phosphoric acid groups is 1. The Hall–Kier alpha value is -1.36. The summed E-state index contributed by atoms with van der Waals surface area (Å²) >= 11 is 0. The number of rotatable bonds is 6. The number of hydrogen-bond donors (Lipinski definition) is 1. The van der Waals surface area contributed by atoms with Crippen LogP contribution in [0.5, 0.6) is 5.75 Å². The van der Waals surface area contributed by atoms with Crippen LogP contribution in [-0.2, 0) is 29.0 Å². The van der Waals surface area contributed by atoms with Crippen LogP contribution in [0.2, 0.25) is 0 Å². The number of carbonyl (C=O) groups is 1. The number of hydrogen-bond acceptors (Lipinski definition) is 6. The molecule has 0 heterocycles. The van der Waals surface area contributed by atoms with Gasteiger partial charge in [0.05, 0.1) is 18.8 Å². The highest BCUT2D eigenvalue weighted by Gasteiger charge is 2.33. The summed E-state index contributed by atoms with van der Waals surface area (Å²) in [7, 11) is -3.98. The summed E-state index contributed by atoms with van der Waals surface area (Å²) in [5.74, 6) is -0.661. The fraction of sp³-hybridized carbons (Fsp3) is 0.632. The molecule has 0 saturated heterocycles. The van der Waals surface area contributed by atoms with E-state index >= 15 is 0 Å². The summed E-state index contributed by atoms with van der Waals surface area (Å²) in [6, 6.07) is 3.13. The number of benzene rings is 1. The molecule has 0 amide bonds. The number of phenolic OH excluding ortho intramolecular Hbond substituents is 1. The molecule has 0 radical (unpaired) electrons. The predicted octanol–water partition coefficient (Wildman–Crippen LogP) is 5.33. The van der Waals surface area contributed by atoms with Crippen molar-refractivity contribution in [2.24, 2.45) is 0 Å². The highest BCUT2D eigenvalue weighted by Crippen LogP contribution is 2.50. The van der Waals surface area contributed by atoms with Gasteiger partial charge < -0.3 is 9.63 Å². The van der Waals surface area contributed by atoms with E-state index in [4.69, 9.17) is 13.6 Å². The van der Waals surface area contributed by atoms with E-state index in [1.807, 2.05) is 41.5 Å². The van der Waals surface area contributed by atoms with E-state index in [0.29, 0.717) is 11.1 Å². The van der Waals surface area contributed by atoms with Gasteiger partial charge in [0.15, 0.2) is 0 Å². The summed E-state index contributed by atoms with van der Waals surface area (Å²) in [4.78, 5) is 12.6. The minimum Gasteiger partial charge on any atom is -0.507 e. The Kier molecular flexibility index (Phi) is 7.08. The molecule has 0 saturated carbocycles. The van der Waals surface area contributed by atoms with E-state index in [1.54, 1.807) is 26.0 Å². The third kappa shape index (κ3) is 5.57. The molecular weight excluding hydrogens is 355 g/mol. The predicted molar refractivity (Wildman–Crippen MR) is 102 cm³/mol. The van der Waals surface area contributed by atoms with E-state index < -0.39 is 24.6 Å². The highest BCUT2D eigenvalue weighted by atomic mass is 31.2. The van der Waals surface area contributed by atoms with E-state index in [9.17, 15) is 14.5 Å². The first-order valence-corrected chi connectivity index (χ1v) is 10.2. The molecule has 0 aliphatic carbocycles. The maximum absolute atomic E-state index is 12.6. The first kappa shape index (κ1) is 22.7. The molecule has 0 fully saturated rings. The lowest BCUT2D eigenvalue weighted by molar-refractivity contribution is 0.0605. The molecule has 1 rings (SSSR count). The highest BCUT2D eigenvalue weighted by molar-refractivity contribution is 7.49. The Morgan fingerprint density at radius 3 is 1.65 bits per heavy atom. The summed E-state index contributed by atoms with van der Waals surface area (Å²) in [5, 5.41) is 10.7. The molecule has 6 nitrogen and oxygen atoms in total. The van der Waals surface area contributed by atoms with E-state index in [0.717, 1.165) is 0 Å². The molecule has 0 unspecified atom stereocenters. The Bertz CT molecular complexity index is 652. The maximum Gasteiger partial charge on any atom is 0.532 e. The van der Waals surface area contributed by atoms with Crippen LogP contribution in [-0.4, -0.2) is 24.3 Å². The summed E-state index contributed by atoms with van der Waals surface area (Å²) in [6.07, 6.45) is 0. The average molecular weight is 386 g/mol. The molecule has 1 aromatic rings. The molecule has 1 N–H and O–H groups in total. The van der Waals surface area contributed by atoms with Gasteiger partial charge in [0.2, 0.25) is 0 Å². The lowest BCUT2D eigenvalue weighted by Crippen LogP contribution is -2.19. The first-order valence-electron chi connectivity index (χ1n) is 8.76. The van der Waals surface area contributed by atoms with Crippen molar-refractivity contribution in [3.8, 4) is 5.75 Å². The molecule has 1 aromatic carbocycles. The van der Waals surface area contributed by atoms with Gasteiger partial charge in [-0.15, -0.1) is 0 Å². The fourth-order valence-corrected chi connectivity index (χ4v) is 3.58. The van der Waals surface area contributed by atoms with Crippen LogP contribution < -0.4 is 0 Å². The summed E-state index contributed by atoms with van der Waals surface area (Å²) < 4.78 is 27.6. The second-order valence-electron chi connectivity index (χ2n) is 8.08. The van der Waals surface area contributed by atoms with Gasteiger partial charge in [-0.25, -0.2) is 9.36 Å². The molecule has 0 atom stereocenters. The van der Waals surface area contributed by atoms with Crippen molar-refractivity contribution in [2.45, 2.75) is 66.2 Å². The maximum atomic E-state index is 12.6. The number of carbonyl (C=O) groups excluding carboxylic acids is 1. The van der Waals surface area contributed by atoms with E-state index in [1.165, 1.54) is 0 Å². The largest absolute Gasteiger partial charge is 0.532 e. The van der Waals surface area contributed by atoms with Gasteiger partial charge in [0, 0.05) is 11.1 Å². The monoisotopic (exact) mass is 386 g/mol. The van der Waals surface area contributed by atoms with E-state index in [2.05, 4.69) is 0 Å². The van der Waals surface area contributed by atoms with Crippen LogP contribution in [0.4, 0.5) is 0 Å². The van der Waals surface area contributed by atoms with Gasteiger partial charge in [-0.1, -0.05) is 41.5 Å². The molecule has 0 bridgehead atoms. The zero-order valence-corrected chi connectivity index (χ0v) is 17.9. The van der Waals surface area contributed by atoms with Crippen LogP contribution in [0.1, 0.15) is 76.9 Å². The van der Waals surface area contributed by atoms with Gasteiger partial charge >= 0.3 is 13.8 Å². The molecule has 0 aliphatic rings. The van der Waals surface area contributed by atoms with Crippen molar-refractivity contribution >= 4 is 13.8 Å². The van der Waals surface area contributed by atoms with Crippen LogP contribution >= 0.6 is 7.82 Å². The smallest absolute Gasteiger partial charge is 0.507 e. The fourth-order valence-electron chi connectivity index (χ4n) is 2.46. The summed E-state index contributed by atoms with van der Waals surface area (Å²) in [6.45, 7) is 15.1. The van der Waals surface area contributed by atoms with Crippen LogP contribution in [0, 0.1) is 0 Å². The third-order valence-electron chi connectivity index (χ3n) is 3.73. The SMILES string of the molecule is CCOP(=O)(OCC)OC(=O)c1cc(C(C)(C)C)c(O)c(C(C)(C)C)c1. The Morgan fingerprint density at radius 1 is 0.962 bits per heavy atom. The zero-order valence-electron chi connectivity index (χ0n) is 17.0. The molecule has 0 aliphatic heterocycles. The lowest BCUT2D eigenvalue weighted by Gasteiger charge is -2.28. The van der Waals surface area contributed by atoms with Crippen molar-refractivity contribution in [3.63, 3.8) is 0 Å². The number of phenols is 1. The van der Waals surface area contributed by atoms with Crippen LogP contribution in [0.3, 0.4) is 0 Å². The van der Waals surface area contributed by atoms with Gasteiger partial charge in [-0.2, -0.15) is 0 Å². The van der Waals surface area contributed by atoms with Gasteiger partial charge in [0.1, 0.15) is 5.75 Å². The molecular formula is C19H31O6P. The second kappa shape index (κ2) is 8.12. The molecule has 0 spiro atoms. The van der Waals surface area contributed by atoms with Gasteiger partial charge in [-0.05, 0) is 36.8 Å². The third-order valence-corrected chi connectivity index (χ3v) is 5.27. The Labute approximate surface area is 156 Å². The average Bonchev–Trinajstić information content (AvgIpc) is 2.44. The molecule has 7 heteroatoms. The Balaban J connectivity index is 3.44. The number of aromatic hydroxyl groups is 1. The topological polar surface area (TPSA) is 82.1 Å². The van der Waals surface area contributed by atoms with Crippen molar-refractivity contribution < 1.29 is 28.0 Å². The summed E-state index contributed by atoms with van der Waals surface area (Å²) in [5.41, 5.74) is 0.615. The van der Waals surface area contributed by atoms with Crippen molar-refractivity contribution in [1.82, 2.24) is 0 Å². The normalized spacial score (nSPS) is 12.9. The minimum atomic E-state index is -3.98. The minimum absolute atomic E-state index is 0.0839. The quantitative estimate of drug-likeness (QED) is 0.666. The molecule has 148 valence electrons. The zero-order chi connectivity index (χ0) is 20.3. The lowest BCUT2D eigenvalue weighted by atomic mass is 9.78. The van der Waals surface area contributed by atoms with Crippen molar-refractivity contribution in [2.75, 3.05) is 13.2 Å². The molecule has 0 aromatic heterocycles. The van der Waals surface area contributed by atoms with Gasteiger partial charge in [0.25, 0.3) is 0 Å². The van der Waals surface area contributed by atoms with Crippen molar-refractivity contribution in [3.05, 3.63) is 28.8 Å². The van der Waals surface area contributed by atoms with E-state index in [-0.39, 0.29) is 24.5 Å². The standard InChI is InChI=1S/C19H31O6P/c1-9-23-26(22,24-10-2)25-17(21)13-11-14(18(3,4)5)16(20)15(12-13)19(6,7)8/h11-12,20H,9-10H2,1-8H3.